The Morgan fingerprint density at radius 3 is 2.53 bits per heavy atom. The molecule has 0 unspecified atom stereocenters. The number of aliphatic imine (C=N–C) groups is 1. The van der Waals surface area contributed by atoms with Gasteiger partial charge in [0.1, 0.15) is 11.6 Å². The lowest BCUT2D eigenvalue weighted by atomic mass is 9.74. The fourth-order valence-corrected chi connectivity index (χ4v) is 4.02. The van der Waals surface area contributed by atoms with Crippen molar-refractivity contribution >= 4 is 5.96 Å². The SMILES string of the molecule is CN=C(NCCc1cc(C)ccc1OC)NCC1(c2ccc(F)cc2)CCOCC1. The van der Waals surface area contributed by atoms with Crippen LogP contribution in [-0.2, 0) is 16.6 Å². The number of aryl methyl sites for hydroxylation is 1. The number of guanidine groups is 1. The summed E-state index contributed by atoms with van der Waals surface area (Å²) in [6, 6.07) is 13.1. The number of nitrogens with one attached hydrogen (secondary N) is 2. The van der Waals surface area contributed by atoms with Gasteiger partial charge in [0.2, 0.25) is 0 Å². The zero-order valence-electron chi connectivity index (χ0n) is 18.1. The van der Waals surface area contributed by atoms with Gasteiger partial charge in [0.05, 0.1) is 7.11 Å². The maximum Gasteiger partial charge on any atom is 0.191 e. The van der Waals surface area contributed by atoms with Crippen molar-refractivity contribution < 1.29 is 13.9 Å². The van der Waals surface area contributed by atoms with Gasteiger partial charge in [0.15, 0.2) is 5.96 Å². The van der Waals surface area contributed by atoms with Crippen molar-refractivity contribution in [1.82, 2.24) is 10.6 Å². The molecule has 2 aromatic carbocycles. The summed E-state index contributed by atoms with van der Waals surface area (Å²) in [5, 5.41) is 6.88. The Kier molecular flexibility index (Phi) is 7.69. The maximum atomic E-state index is 13.4. The van der Waals surface area contributed by atoms with Gasteiger partial charge in [-0.15, -0.1) is 0 Å². The summed E-state index contributed by atoms with van der Waals surface area (Å²) in [7, 11) is 3.47. The third-order valence-corrected chi connectivity index (χ3v) is 5.85. The van der Waals surface area contributed by atoms with Crippen LogP contribution in [0.3, 0.4) is 0 Å². The summed E-state index contributed by atoms with van der Waals surface area (Å²) >= 11 is 0. The van der Waals surface area contributed by atoms with E-state index in [0.717, 1.165) is 49.6 Å². The second-order valence-electron chi connectivity index (χ2n) is 7.82. The molecule has 5 nitrogen and oxygen atoms in total. The fourth-order valence-electron chi connectivity index (χ4n) is 4.02. The van der Waals surface area contributed by atoms with E-state index in [1.165, 1.54) is 23.3 Å². The molecule has 3 rings (SSSR count). The Labute approximate surface area is 178 Å². The highest BCUT2D eigenvalue weighted by Crippen LogP contribution is 2.34. The van der Waals surface area contributed by atoms with Crippen molar-refractivity contribution in [3.63, 3.8) is 0 Å². The van der Waals surface area contributed by atoms with Crippen LogP contribution in [0.15, 0.2) is 47.5 Å². The molecule has 0 atom stereocenters. The summed E-state index contributed by atoms with van der Waals surface area (Å²) in [5.41, 5.74) is 3.44. The van der Waals surface area contributed by atoms with Crippen LogP contribution in [-0.4, -0.2) is 46.4 Å². The highest BCUT2D eigenvalue weighted by Gasteiger charge is 2.34. The van der Waals surface area contributed by atoms with Crippen molar-refractivity contribution in [1.29, 1.82) is 0 Å². The van der Waals surface area contributed by atoms with Gasteiger partial charge in [0.25, 0.3) is 0 Å². The van der Waals surface area contributed by atoms with E-state index in [1.54, 1.807) is 14.2 Å². The molecule has 0 spiro atoms. The van der Waals surface area contributed by atoms with E-state index in [0.29, 0.717) is 13.2 Å². The molecule has 0 radical (unpaired) electrons. The van der Waals surface area contributed by atoms with Crippen molar-refractivity contribution in [3.8, 4) is 5.75 Å². The van der Waals surface area contributed by atoms with Crippen LogP contribution < -0.4 is 15.4 Å². The van der Waals surface area contributed by atoms with E-state index >= 15 is 0 Å². The van der Waals surface area contributed by atoms with Crippen LogP contribution in [0, 0.1) is 12.7 Å². The molecule has 0 aromatic heterocycles. The first kappa shape index (κ1) is 22.1. The monoisotopic (exact) mass is 413 g/mol. The van der Waals surface area contributed by atoms with Crippen LogP contribution in [0.25, 0.3) is 0 Å². The zero-order chi connectivity index (χ0) is 21.4. The second kappa shape index (κ2) is 10.4. The van der Waals surface area contributed by atoms with Crippen molar-refractivity contribution in [2.75, 3.05) is 40.5 Å². The molecule has 2 N–H and O–H groups in total. The molecule has 1 fully saturated rings. The van der Waals surface area contributed by atoms with Gasteiger partial charge < -0.3 is 20.1 Å². The molecule has 1 saturated heterocycles. The summed E-state index contributed by atoms with van der Waals surface area (Å²) in [5.74, 6) is 1.45. The molecule has 162 valence electrons. The fraction of sp³-hybridized carbons (Fsp3) is 0.458. The topological polar surface area (TPSA) is 54.9 Å². The highest BCUT2D eigenvalue weighted by atomic mass is 19.1. The van der Waals surface area contributed by atoms with E-state index in [2.05, 4.69) is 34.7 Å². The molecule has 1 aliphatic heterocycles. The highest BCUT2D eigenvalue weighted by molar-refractivity contribution is 5.79. The van der Waals surface area contributed by atoms with E-state index in [1.807, 2.05) is 18.2 Å². The van der Waals surface area contributed by atoms with Gasteiger partial charge in [0, 0.05) is 38.8 Å². The predicted molar refractivity (Wildman–Crippen MR) is 119 cm³/mol. The lowest BCUT2D eigenvalue weighted by Crippen LogP contribution is -2.48. The van der Waals surface area contributed by atoms with Gasteiger partial charge in [-0.1, -0.05) is 29.8 Å². The van der Waals surface area contributed by atoms with E-state index in [9.17, 15) is 4.39 Å². The third kappa shape index (κ3) is 5.51. The molecule has 1 aliphatic rings. The van der Waals surface area contributed by atoms with Crippen LogP contribution in [0.2, 0.25) is 0 Å². The molecule has 1 heterocycles. The minimum absolute atomic E-state index is 0.0939. The quantitative estimate of drug-likeness (QED) is 0.538. The molecular formula is C24H32FN3O2. The standard InChI is InChI=1S/C24H32FN3O2/c1-18-4-9-22(29-3)19(16-18)10-13-27-23(26-2)28-17-24(11-14-30-15-12-24)20-5-7-21(25)8-6-20/h4-9,16H,10-15,17H2,1-3H3,(H2,26,27,28). The summed E-state index contributed by atoms with van der Waals surface area (Å²) in [6.45, 7) is 4.96. The van der Waals surface area contributed by atoms with Gasteiger partial charge in [-0.25, -0.2) is 4.39 Å². The number of hydrogen-bond donors (Lipinski definition) is 2. The normalized spacial score (nSPS) is 16.2. The van der Waals surface area contributed by atoms with E-state index in [-0.39, 0.29) is 11.2 Å². The van der Waals surface area contributed by atoms with Gasteiger partial charge in [-0.3, -0.25) is 4.99 Å². The first-order valence-electron chi connectivity index (χ1n) is 10.5. The lowest BCUT2D eigenvalue weighted by Gasteiger charge is -2.38. The number of rotatable bonds is 7. The smallest absolute Gasteiger partial charge is 0.191 e. The predicted octanol–water partition coefficient (Wildman–Crippen LogP) is 3.60. The van der Waals surface area contributed by atoms with Crippen LogP contribution in [0.1, 0.15) is 29.5 Å². The Balaban J connectivity index is 1.60. The first-order chi connectivity index (χ1) is 14.6. The van der Waals surface area contributed by atoms with E-state index in [4.69, 9.17) is 9.47 Å². The summed E-state index contributed by atoms with van der Waals surface area (Å²) in [4.78, 5) is 4.37. The Morgan fingerprint density at radius 1 is 1.13 bits per heavy atom. The molecule has 6 heteroatoms. The average Bonchev–Trinajstić information content (AvgIpc) is 2.77. The minimum atomic E-state index is -0.210. The summed E-state index contributed by atoms with van der Waals surface area (Å²) < 4.78 is 24.5. The first-order valence-corrected chi connectivity index (χ1v) is 10.5. The summed E-state index contributed by atoms with van der Waals surface area (Å²) in [6.07, 6.45) is 2.62. The molecule has 30 heavy (non-hydrogen) atoms. The van der Waals surface area contributed by atoms with Crippen LogP contribution >= 0.6 is 0 Å². The van der Waals surface area contributed by atoms with Gasteiger partial charge >= 0.3 is 0 Å². The number of methoxy groups -OCH3 is 1. The van der Waals surface area contributed by atoms with Crippen molar-refractivity contribution in [2.24, 2.45) is 4.99 Å². The Morgan fingerprint density at radius 2 is 1.87 bits per heavy atom. The number of benzene rings is 2. The molecule has 2 aromatic rings. The largest absolute Gasteiger partial charge is 0.496 e. The second-order valence-corrected chi connectivity index (χ2v) is 7.82. The number of halogens is 1. The molecule has 0 saturated carbocycles. The molecule has 0 amide bonds. The average molecular weight is 414 g/mol. The molecule has 0 bridgehead atoms. The minimum Gasteiger partial charge on any atom is -0.496 e. The van der Waals surface area contributed by atoms with Crippen LogP contribution in [0.4, 0.5) is 4.39 Å². The number of hydrogen-bond acceptors (Lipinski definition) is 3. The van der Waals surface area contributed by atoms with Crippen molar-refractivity contribution in [2.45, 2.75) is 31.6 Å². The van der Waals surface area contributed by atoms with Crippen LogP contribution in [0.5, 0.6) is 5.75 Å². The zero-order valence-corrected chi connectivity index (χ0v) is 18.1. The van der Waals surface area contributed by atoms with Crippen molar-refractivity contribution in [3.05, 3.63) is 65.0 Å². The third-order valence-electron chi connectivity index (χ3n) is 5.85. The van der Waals surface area contributed by atoms with Gasteiger partial charge in [-0.05, 0) is 55.5 Å². The molecular weight excluding hydrogens is 381 g/mol. The molecule has 0 aliphatic carbocycles. The lowest BCUT2D eigenvalue weighted by molar-refractivity contribution is 0.0513. The Bertz CT molecular complexity index is 846. The van der Waals surface area contributed by atoms with E-state index < -0.39 is 0 Å². The maximum absolute atomic E-state index is 13.4. The Hall–Kier alpha value is -2.60. The number of nitrogens with zero attached hydrogens (tertiary/aromatic N) is 1. The number of ether oxygens (including phenoxy) is 2. The van der Waals surface area contributed by atoms with Gasteiger partial charge in [-0.2, -0.15) is 0 Å².